The van der Waals surface area contributed by atoms with E-state index in [1.54, 1.807) is 18.2 Å². The Morgan fingerprint density at radius 2 is 1.70 bits per heavy atom. The van der Waals surface area contributed by atoms with Crippen molar-refractivity contribution in [1.29, 1.82) is 0 Å². The van der Waals surface area contributed by atoms with E-state index in [0.29, 0.717) is 36.6 Å². The second kappa shape index (κ2) is 8.12. The lowest BCUT2D eigenvalue weighted by molar-refractivity contribution is -0.140. The molecule has 5 nitrogen and oxygen atoms in total. The van der Waals surface area contributed by atoms with Crippen molar-refractivity contribution in [2.75, 3.05) is 13.1 Å². The summed E-state index contributed by atoms with van der Waals surface area (Å²) in [5, 5.41) is 0. The van der Waals surface area contributed by atoms with Gasteiger partial charge in [0.15, 0.2) is 0 Å². The summed E-state index contributed by atoms with van der Waals surface area (Å²) < 4.78 is 33.6. The summed E-state index contributed by atoms with van der Waals surface area (Å²) in [6.45, 7) is 4.37. The van der Waals surface area contributed by atoms with E-state index < -0.39 is 10.0 Å². The smallest absolute Gasteiger partial charge is 0.314 e. The van der Waals surface area contributed by atoms with Crippen molar-refractivity contribution >= 4 is 31.9 Å². The normalized spacial score (nSPS) is 16.3. The molecule has 0 aromatic heterocycles. The first-order valence-corrected chi connectivity index (χ1v) is 11.1. The number of ether oxygens (including phenoxy) is 1. The third-order valence-corrected chi connectivity index (χ3v) is 7.36. The summed E-state index contributed by atoms with van der Waals surface area (Å²) in [4.78, 5) is 12.7. The number of hydrogen-bond acceptors (Lipinski definition) is 4. The fraction of sp³-hybridized carbons (Fsp3) is 0.350. The molecule has 2 aromatic rings. The number of esters is 1. The average Bonchev–Trinajstić information content (AvgIpc) is 2.63. The molecule has 7 heteroatoms. The van der Waals surface area contributed by atoms with E-state index in [1.165, 1.54) is 4.31 Å². The zero-order valence-electron chi connectivity index (χ0n) is 15.3. The van der Waals surface area contributed by atoms with Crippen LogP contribution in [0.2, 0.25) is 0 Å². The number of nitrogens with zero attached hydrogens (tertiary/aromatic N) is 1. The first-order valence-electron chi connectivity index (χ1n) is 8.82. The molecule has 3 rings (SSSR count). The molecule has 0 saturated carbocycles. The molecule has 0 unspecified atom stereocenters. The second-order valence-corrected chi connectivity index (χ2v) is 9.64. The number of carbonyl (C=O) groups excluding carboxylic acids is 1. The third-order valence-electron chi connectivity index (χ3n) is 4.77. The molecule has 0 amide bonds. The Bertz CT molecular complexity index is 933. The van der Waals surface area contributed by atoms with Gasteiger partial charge in [0.25, 0.3) is 0 Å². The van der Waals surface area contributed by atoms with Crippen molar-refractivity contribution in [3.63, 3.8) is 0 Å². The Morgan fingerprint density at radius 3 is 2.30 bits per heavy atom. The molecule has 0 spiro atoms. The van der Waals surface area contributed by atoms with Crippen molar-refractivity contribution in [2.24, 2.45) is 5.92 Å². The third kappa shape index (κ3) is 4.59. The molecule has 1 heterocycles. The fourth-order valence-corrected chi connectivity index (χ4v) is 5.20. The summed E-state index contributed by atoms with van der Waals surface area (Å²) in [6.07, 6.45) is 0.916. The van der Waals surface area contributed by atoms with E-state index in [1.807, 2.05) is 38.1 Å². The zero-order chi connectivity index (χ0) is 19.6. The molecule has 0 atom stereocenters. The molecule has 144 valence electrons. The van der Waals surface area contributed by atoms with Crippen LogP contribution in [0.4, 0.5) is 0 Å². The summed E-state index contributed by atoms with van der Waals surface area (Å²) in [5.41, 5.74) is 1.77. The van der Waals surface area contributed by atoms with Gasteiger partial charge in [-0.15, -0.1) is 0 Å². The Morgan fingerprint density at radius 1 is 1.07 bits per heavy atom. The highest BCUT2D eigenvalue weighted by Gasteiger charge is 2.33. The van der Waals surface area contributed by atoms with E-state index in [9.17, 15) is 13.2 Å². The van der Waals surface area contributed by atoms with E-state index in [4.69, 9.17) is 4.74 Å². The van der Waals surface area contributed by atoms with Crippen LogP contribution in [0.5, 0.6) is 5.75 Å². The Labute approximate surface area is 168 Å². The number of aryl methyl sites for hydroxylation is 2. The number of halogens is 1. The monoisotopic (exact) mass is 451 g/mol. The van der Waals surface area contributed by atoms with Crippen LogP contribution in [0, 0.1) is 19.8 Å². The maximum absolute atomic E-state index is 12.9. The standard InChI is InChI=1S/C20H22BrNO4S/c1-14-3-8-19(15(2)13-14)27(24,25)22-11-9-16(10-12-22)20(23)26-18-6-4-17(21)5-7-18/h3-8,13,16H,9-12H2,1-2H3. The first-order chi connectivity index (χ1) is 12.8. The fourth-order valence-electron chi connectivity index (χ4n) is 3.26. The molecule has 0 bridgehead atoms. The molecule has 0 radical (unpaired) electrons. The van der Waals surface area contributed by atoms with E-state index in [2.05, 4.69) is 15.9 Å². The van der Waals surface area contributed by atoms with Crippen LogP contribution in [0.3, 0.4) is 0 Å². The summed E-state index contributed by atoms with van der Waals surface area (Å²) in [7, 11) is -3.55. The maximum atomic E-state index is 12.9. The van der Waals surface area contributed by atoms with Crippen molar-refractivity contribution in [3.8, 4) is 5.75 Å². The van der Waals surface area contributed by atoms with E-state index in [-0.39, 0.29) is 11.9 Å². The summed E-state index contributed by atoms with van der Waals surface area (Å²) >= 11 is 3.34. The Kier molecular flexibility index (Phi) is 6.03. The first kappa shape index (κ1) is 20.0. The van der Waals surface area contributed by atoms with Crippen LogP contribution in [-0.2, 0) is 14.8 Å². The highest BCUT2D eigenvalue weighted by Crippen LogP contribution is 2.27. The van der Waals surface area contributed by atoms with E-state index >= 15 is 0 Å². The van der Waals surface area contributed by atoms with Crippen molar-refractivity contribution in [1.82, 2.24) is 4.31 Å². The number of sulfonamides is 1. The molecule has 1 aliphatic heterocycles. The van der Waals surface area contributed by atoms with E-state index in [0.717, 1.165) is 15.6 Å². The number of benzene rings is 2. The topological polar surface area (TPSA) is 63.7 Å². The SMILES string of the molecule is Cc1ccc(S(=O)(=O)N2CCC(C(=O)Oc3ccc(Br)cc3)CC2)c(C)c1. The summed E-state index contributed by atoms with van der Waals surface area (Å²) in [5.74, 6) is -0.103. The molecule has 0 N–H and O–H groups in total. The minimum Gasteiger partial charge on any atom is -0.426 e. The van der Waals surface area contributed by atoms with Gasteiger partial charge in [-0.05, 0) is 62.6 Å². The highest BCUT2D eigenvalue weighted by molar-refractivity contribution is 9.10. The zero-order valence-corrected chi connectivity index (χ0v) is 17.7. The predicted molar refractivity (Wildman–Crippen MR) is 107 cm³/mol. The lowest BCUT2D eigenvalue weighted by Gasteiger charge is -2.30. The minimum atomic E-state index is -3.55. The van der Waals surface area contributed by atoms with Gasteiger partial charge in [-0.2, -0.15) is 4.31 Å². The van der Waals surface area contributed by atoms with Gasteiger partial charge >= 0.3 is 5.97 Å². The van der Waals surface area contributed by atoms with Crippen LogP contribution in [0.1, 0.15) is 24.0 Å². The van der Waals surface area contributed by atoms with Crippen molar-refractivity contribution in [2.45, 2.75) is 31.6 Å². The average molecular weight is 452 g/mol. The van der Waals surface area contributed by atoms with Crippen LogP contribution in [0.15, 0.2) is 51.8 Å². The molecule has 1 aliphatic rings. The number of rotatable bonds is 4. The highest BCUT2D eigenvalue weighted by atomic mass is 79.9. The molecular formula is C20H22BrNO4S. The molecule has 27 heavy (non-hydrogen) atoms. The summed E-state index contributed by atoms with van der Waals surface area (Å²) in [6, 6.07) is 12.4. The van der Waals surface area contributed by atoms with Gasteiger partial charge in [-0.3, -0.25) is 4.79 Å². The molecule has 1 saturated heterocycles. The van der Waals surface area contributed by atoms with Gasteiger partial charge in [0, 0.05) is 17.6 Å². The lowest BCUT2D eigenvalue weighted by Crippen LogP contribution is -2.41. The van der Waals surface area contributed by atoms with Crippen LogP contribution in [-0.4, -0.2) is 31.8 Å². The van der Waals surface area contributed by atoms with Crippen molar-refractivity contribution < 1.29 is 17.9 Å². The van der Waals surface area contributed by atoms with Gasteiger partial charge in [0.1, 0.15) is 5.75 Å². The van der Waals surface area contributed by atoms with Crippen LogP contribution < -0.4 is 4.74 Å². The van der Waals surface area contributed by atoms with Gasteiger partial charge < -0.3 is 4.74 Å². The molecular weight excluding hydrogens is 430 g/mol. The molecule has 0 aliphatic carbocycles. The predicted octanol–water partition coefficient (Wildman–Crippen LogP) is 4.07. The Hall–Kier alpha value is -1.70. The van der Waals surface area contributed by atoms with Crippen molar-refractivity contribution in [3.05, 3.63) is 58.1 Å². The molecule has 1 fully saturated rings. The molecule has 2 aromatic carbocycles. The number of piperidine rings is 1. The quantitative estimate of drug-likeness (QED) is 0.518. The largest absolute Gasteiger partial charge is 0.426 e. The second-order valence-electron chi connectivity index (χ2n) is 6.82. The lowest BCUT2D eigenvalue weighted by atomic mass is 9.98. The van der Waals surface area contributed by atoms with Crippen LogP contribution in [0.25, 0.3) is 0 Å². The maximum Gasteiger partial charge on any atom is 0.314 e. The van der Waals surface area contributed by atoms with Gasteiger partial charge in [-0.1, -0.05) is 33.6 Å². The van der Waals surface area contributed by atoms with Gasteiger partial charge in [-0.25, -0.2) is 8.42 Å². The van der Waals surface area contributed by atoms with Gasteiger partial charge in [0.2, 0.25) is 10.0 Å². The minimum absolute atomic E-state index is 0.292. The van der Waals surface area contributed by atoms with Gasteiger partial charge in [0.05, 0.1) is 10.8 Å². The van der Waals surface area contributed by atoms with Crippen LogP contribution >= 0.6 is 15.9 Å². The Balaban J connectivity index is 1.64. The number of hydrogen-bond donors (Lipinski definition) is 0. The number of carbonyl (C=O) groups is 1.